The van der Waals surface area contributed by atoms with E-state index in [2.05, 4.69) is 43.4 Å². The molecule has 1 N–H and O–H groups in total. The molecular formula is C20H23Cl2N. The van der Waals surface area contributed by atoms with Gasteiger partial charge in [-0.2, -0.15) is 0 Å². The first-order valence-electron chi connectivity index (χ1n) is 8.39. The summed E-state index contributed by atoms with van der Waals surface area (Å²) in [6.07, 6.45) is 4.40. The first-order valence-corrected chi connectivity index (χ1v) is 9.15. The van der Waals surface area contributed by atoms with E-state index in [0.717, 1.165) is 35.7 Å². The van der Waals surface area contributed by atoms with Gasteiger partial charge >= 0.3 is 0 Å². The molecule has 2 aromatic carbocycles. The molecule has 0 radical (unpaired) electrons. The first-order chi connectivity index (χ1) is 11.1. The van der Waals surface area contributed by atoms with E-state index in [1.165, 1.54) is 11.1 Å². The second-order valence-electron chi connectivity index (χ2n) is 6.46. The molecular weight excluding hydrogens is 325 g/mol. The van der Waals surface area contributed by atoms with Crippen LogP contribution in [0, 0.1) is 0 Å². The fraction of sp³-hybridized carbons (Fsp3) is 0.400. The quantitative estimate of drug-likeness (QED) is 0.609. The van der Waals surface area contributed by atoms with Gasteiger partial charge in [0, 0.05) is 10.0 Å². The molecule has 0 bridgehead atoms. The van der Waals surface area contributed by atoms with E-state index >= 15 is 0 Å². The highest BCUT2D eigenvalue weighted by Crippen LogP contribution is 2.59. The van der Waals surface area contributed by atoms with E-state index in [9.17, 15) is 0 Å². The van der Waals surface area contributed by atoms with Crippen molar-refractivity contribution in [2.75, 3.05) is 0 Å². The maximum Gasteiger partial charge on any atom is 0.0669 e. The summed E-state index contributed by atoms with van der Waals surface area (Å²) >= 11 is 12.5. The molecule has 122 valence electrons. The van der Waals surface area contributed by atoms with E-state index in [1.807, 2.05) is 24.3 Å². The van der Waals surface area contributed by atoms with Gasteiger partial charge in [0.1, 0.15) is 0 Å². The minimum Gasteiger partial charge on any atom is -0.294 e. The molecule has 0 aromatic heterocycles. The number of benzene rings is 2. The zero-order valence-corrected chi connectivity index (χ0v) is 15.2. The highest BCUT2D eigenvalue weighted by Gasteiger charge is 2.67. The lowest BCUT2D eigenvalue weighted by Gasteiger charge is -2.24. The van der Waals surface area contributed by atoms with Gasteiger partial charge in [-0.3, -0.25) is 5.32 Å². The van der Waals surface area contributed by atoms with Crippen molar-refractivity contribution < 1.29 is 0 Å². The maximum atomic E-state index is 6.27. The second kappa shape index (κ2) is 6.47. The van der Waals surface area contributed by atoms with Crippen LogP contribution in [0.15, 0.2) is 48.5 Å². The van der Waals surface area contributed by atoms with Crippen LogP contribution in [-0.4, -0.2) is 0 Å². The highest BCUT2D eigenvalue weighted by atomic mass is 35.5. The fourth-order valence-electron chi connectivity index (χ4n) is 4.07. The van der Waals surface area contributed by atoms with Gasteiger partial charge in [-0.1, -0.05) is 74.2 Å². The Kier molecular flexibility index (Phi) is 4.73. The van der Waals surface area contributed by atoms with Gasteiger partial charge in [0.2, 0.25) is 0 Å². The summed E-state index contributed by atoms with van der Waals surface area (Å²) in [5.74, 6) is 0. The van der Waals surface area contributed by atoms with Crippen LogP contribution in [0.4, 0.5) is 0 Å². The van der Waals surface area contributed by atoms with Crippen molar-refractivity contribution in [2.45, 2.75) is 50.6 Å². The van der Waals surface area contributed by atoms with Crippen LogP contribution in [0.25, 0.3) is 0 Å². The molecule has 2 atom stereocenters. The summed E-state index contributed by atoms with van der Waals surface area (Å²) in [5.41, 5.74) is 2.46. The minimum atomic E-state index is -0.0483. The lowest BCUT2D eigenvalue weighted by molar-refractivity contribution is 0.465. The molecule has 1 fully saturated rings. The SMILES string of the molecule is CCCC1(c2cccc(Cl)c2)NC1(CCC)c1cccc(Cl)c1. The lowest BCUT2D eigenvalue weighted by Crippen LogP contribution is -2.22. The number of nitrogens with one attached hydrogen (secondary N) is 1. The predicted octanol–water partition coefficient (Wildman–Crippen LogP) is 6.29. The Labute approximate surface area is 149 Å². The van der Waals surface area contributed by atoms with E-state index in [1.54, 1.807) is 0 Å². The Morgan fingerprint density at radius 2 is 1.22 bits per heavy atom. The van der Waals surface area contributed by atoms with E-state index in [4.69, 9.17) is 23.2 Å². The van der Waals surface area contributed by atoms with E-state index < -0.39 is 0 Å². The van der Waals surface area contributed by atoms with Gasteiger partial charge < -0.3 is 0 Å². The molecule has 3 rings (SSSR count). The minimum absolute atomic E-state index is 0.0483. The van der Waals surface area contributed by atoms with Crippen LogP contribution < -0.4 is 5.32 Å². The van der Waals surface area contributed by atoms with E-state index in [0.29, 0.717) is 0 Å². The zero-order valence-electron chi connectivity index (χ0n) is 13.7. The number of hydrogen-bond donors (Lipinski definition) is 1. The molecule has 1 nitrogen and oxygen atoms in total. The third-order valence-corrected chi connectivity index (χ3v) is 5.45. The van der Waals surface area contributed by atoms with E-state index in [-0.39, 0.29) is 11.1 Å². The maximum absolute atomic E-state index is 6.27. The van der Waals surface area contributed by atoms with Crippen LogP contribution in [0.1, 0.15) is 50.7 Å². The summed E-state index contributed by atoms with van der Waals surface area (Å²) in [5, 5.41) is 5.46. The Hall–Kier alpha value is -1.02. The average Bonchev–Trinajstić information content (AvgIpc) is 3.18. The molecule has 0 spiro atoms. The molecule has 2 unspecified atom stereocenters. The molecule has 3 heteroatoms. The van der Waals surface area contributed by atoms with Gasteiger partial charge in [-0.05, 0) is 48.2 Å². The second-order valence-corrected chi connectivity index (χ2v) is 7.33. The molecule has 1 aliphatic rings. The average molecular weight is 348 g/mol. The zero-order chi connectivity index (χ0) is 16.5. The van der Waals surface area contributed by atoms with Gasteiger partial charge in [0.25, 0.3) is 0 Å². The predicted molar refractivity (Wildman–Crippen MR) is 99.2 cm³/mol. The van der Waals surface area contributed by atoms with Crippen molar-refractivity contribution >= 4 is 23.2 Å². The number of rotatable bonds is 6. The van der Waals surface area contributed by atoms with Crippen LogP contribution >= 0.6 is 23.2 Å². The molecule has 0 aliphatic carbocycles. The molecule has 23 heavy (non-hydrogen) atoms. The third-order valence-electron chi connectivity index (χ3n) is 4.98. The van der Waals surface area contributed by atoms with Crippen molar-refractivity contribution in [3.8, 4) is 0 Å². The van der Waals surface area contributed by atoms with Crippen LogP contribution in [0.3, 0.4) is 0 Å². The van der Waals surface area contributed by atoms with Crippen molar-refractivity contribution in [1.29, 1.82) is 0 Å². The smallest absolute Gasteiger partial charge is 0.0669 e. The fourth-order valence-corrected chi connectivity index (χ4v) is 4.45. The summed E-state index contributed by atoms with van der Waals surface area (Å²) in [6, 6.07) is 16.6. The Balaban J connectivity index is 2.11. The topological polar surface area (TPSA) is 21.9 Å². The van der Waals surface area contributed by atoms with Crippen LogP contribution in [-0.2, 0) is 11.1 Å². The van der Waals surface area contributed by atoms with Crippen molar-refractivity contribution in [1.82, 2.24) is 5.32 Å². The molecule has 1 saturated heterocycles. The summed E-state index contributed by atoms with van der Waals surface area (Å²) in [6.45, 7) is 4.47. The Morgan fingerprint density at radius 1 is 0.783 bits per heavy atom. The van der Waals surface area contributed by atoms with Gasteiger partial charge in [-0.25, -0.2) is 0 Å². The van der Waals surface area contributed by atoms with Crippen molar-refractivity contribution in [3.05, 3.63) is 69.7 Å². The van der Waals surface area contributed by atoms with Gasteiger partial charge in [0.05, 0.1) is 11.1 Å². The highest BCUT2D eigenvalue weighted by molar-refractivity contribution is 6.31. The molecule has 1 aliphatic heterocycles. The Morgan fingerprint density at radius 3 is 1.57 bits per heavy atom. The van der Waals surface area contributed by atoms with Crippen molar-refractivity contribution in [2.24, 2.45) is 0 Å². The normalized spacial score (nSPS) is 26.3. The molecule has 0 amide bonds. The van der Waals surface area contributed by atoms with Crippen molar-refractivity contribution in [3.63, 3.8) is 0 Å². The summed E-state index contributed by atoms with van der Waals surface area (Å²) in [4.78, 5) is 0. The molecule has 0 saturated carbocycles. The lowest BCUT2D eigenvalue weighted by atomic mass is 9.76. The molecule has 1 heterocycles. The van der Waals surface area contributed by atoms with Gasteiger partial charge in [0.15, 0.2) is 0 Å². The number of halogens is 2. The standard InChI is InChI=1S/C20H23Cl2N/c1-3-11-19(15-7-5-9-17(21)13-15)20(23-19,12-4-2)16-8-6-10-18(22)14-16/h5-10,13-14,23H,3-4,11-12H2,1-2H3. The van der Waals surface area contributed by atoms with Crippen LogP contribution in [0.2, 0.25) is 10.0 Å². The summed E-state index contributed by atoms with van der Waals surface area (Å²) < 4.78 is 0. The van der Waals surface area contributed by atoms with Gasteiger partial charge in [-0.15, -0.1) is 0 Å². The monoisotopic (exact) mass is 347 g/mol. The first kappa shape index (κ1) is 16.8. The summed E-state index contributed by atoms with van der Waals surface area (Å²) in [7, 11) is 0. The van der Waals surface area contributed by atoms with Crippen LogP contribution in [0.5, 0.6) is 0 Å². The third kappa shape index (κ3) is 2.80. The largest absolute Gasteiger partial charge is 0.294 e. The number of hydrogen-bond acceptors (Lipinski definition) is 1. The Bertz CT molecular complexity index is 640. The molecule has 2 aromatic rings.